The number of fused-ring (bicyclic) bond motifs is 2. The van der Waals surface area contributed by atoms with Gasteiger partial charge in [0.2, 0.25) is 0 Å². The first-order valence-corrected chi connectivity index (χ1v) is 7.74. The molecule has 2 aliphatic heterocycles. The molecule has 0 amide bonds. The zero-order valence-electron chi connectivity index (χ0n) is 12.2. The fraction of sp³-hybridized carbons (Fsp3) is 0.500. The first-order valence-electron chi connectivity index (χ1n) is 7.36. The topological polar surface area (TPSA) is 39.9 Å². The highest BCUT2D eigenvalue weighted by atomic mass is 35.5. The van der Waals surface area contributed by atoms with Gasteiger partial charge >= 0.3 is 6.18 Å². The summed E-state index contributed by atoms with van der Waals surface area (Å²) in [7, 11) is 0. The van der Waals surface area contributed by atoms with E-state index in [1.807, 2.05) is 17.1 Å². The van der Waals surface area contributed by atoms with E-state index in [0.717, 1.165) is 5.56 Å². The molecule has 3 nitrogen and oxygen atoms in total. The molecule has 0 saturated carbocycles. The van der Waals surface area contributed by atoms with Crippen LogP contribution in [-0.4, -0.2) is 34.7 Å². The number of alkyl halides is 3. The molecule has 1 aromatic heterocycles. The van der Waals surface area contributed by atoms with E-state index in [0.29, 0.717) is 17.9 Å². The van der Waals surface area contributed by atoms with Crippen molar-refractivity contribution >= 4 is 11.6 Å². The molecule has 1 fully saturated rings. The van der Waals surface area contributed by atoms with Crippen molar-refractivity contribution in [1.29, 1.82) is 5.26 Å². The van der Waals surface area contributed by atoms with Crippen LogP contribution in [0.25, 0.3) is 0 Å². The summed E-state index contributed by atoms with van der Waals surface area (Å²) in [6.45, 7) is -0.0405. The molecule has 0 aromatic carbocycles. The molecule has 2 atom stereocenters. The molecule has 3 rings (SSSR count). The number of pyridine rings is 1. The molecule has 2 aliphatic rings. The number of rotatable bonds is 3. The van der Waals surface area contributed by atoms with Crippen molar-refractivity contribution < 1.29 is 13.2 Å². The van der Waals surface area contributed by atoms with Crippen LogP contribution in [0.2, 0.25) is 5.02 Å². The molecule has 0 N–H and O–H groups in total. The fourth-order valence-corrected chi connectivity index (χ4v) is 3.72. The first kappa shape index (κ1) is 16.3. The van der Waals surface area contributed by atoms with Gasteiger partial charge in [-0.05, 0) is 24.5 Å². The van der Waals surface area contributed by atoms with Gasteiger partial charge in [0.05, 0.1) is 22.9 Å². The summed E-state index contributed by atoms with van der Waals surface area (Å²) in [5, 5.41) is 10.2. The Morgan fingerprint density at radius 3 is 2.48 bits per heavy atom. The second-order valence-electron chi connectivity index (χ2n) is 6.12. The van der Waals surface area contributed by atoms with Gasteiger partial charge < -0.3 is 0 Å². The minimum atomic E-state index is -4.17. The van der Waals surface area contributed by atoms with Crippen molar-refractivity contribution in [2.75, 3.05) is 6.54 Å². The summed E-state index contributed by atoms with van der Waals surface area (Å²) in [6, 6.07) is 3.78. The van der Waals surface area contributed by atoms with Gasteiger partial charge in [-0.25, -0.2) is 0 Å². The summed E-state index contributed by atoms with van der Waals surface area (Å²) in [4.78, 5) is 5.88. The normalized spacial score (nSPS) is 30.4. The summed E-state index contributed by atoms with van der Waals surface area (Å²) < 4.78 is 37.5. The van der Waals surface area contributed by atoms with E-state index in [1.54, 1.807) is 12.3 Å². The molecule has 3 heterocycles. The van der Waals surface area contributed by atoms with Gasteiger partial charge in [0, 0.05) is 31.0 Å². The van der Waals surface area contributed by atoms with Crippen molar-refractivity contribution in [2.24, 2.45) is 0 Å². The standard InChI is InChI=1S/C16H15ClF3N3/c17-12-5-11(8-22-9-12)15(10-21)6-13-1-2-14(7-15)23(13)4-3-16(18,19)20/h1-2,5,8-9,13-14H,3-4,6-7H2. The molecular formula is C16H15ClF3N3. The number of piperidine rings is 1. The Bertz CT molecular complexity index is 649. The lowest BCUT2D eigenvalue weighted by molar-refractivity contribution is -0.140. The third-order valence-corrected chi connectivity index (χ3v) is 4.85. The molecule has 2 bridgehead atoms. The predicted octanol–water partition coefficient (Wildman–Crippen LogP) is 3.85. The van der Waals surface area contributed by atoms with Gasteiger partial charge in [0.1, 0.15) is 0 Å². The lowest BCUT2D eigenvalue weighted by Crippen LogP contribution is -2.50. The highest BCUT2D eigenvalue weighted by molar-refractivity contribution is 6.30. The van der Waals surface area contributed by atoms with Crippen molar-refractivity contribution in [2.45, 2.75) is 42.9 Å². The van der Waals surface area contributed by atoms with Crippen LogP contribution < -0.4 is 0 Å². The third-order valence-electron chi connectivity index (χ3n) is 4.65. The summed E-state index contributed by atoms with van der Waals surface area (Å²) in [5.74, 6) is 0. The molecule has 2 unspecified atom stereocenters. The van der Waals surface area contributed by atoms with E-state index < -0.39 is 18.0 Å². The maximum Gasteiger partial charge on any atom is 0.390 e. The molecule has 0 radical (unpaired) electrons. The third kappa shape index (κ3) is 3.22. The van der Waals surface area contributed by atoms with Crippen molar-refractivity contribution in [1.82, 2.24) is 9.88 Å². The number of hydrogen-bond acceptors (Lipinski definition) is 3. The first-order chi connectivity index (χ1) is 10.8. The average Bonchev–Trinajstić information content (AvgIpc) is 2.74. The SMILES string of the molecule is N#CC1(c2cncc(Cl)c2)CC2C=CC(C1)N2CCC(F)(F)F. The van der Waals surface area contributed by atoms with Crippen LogP contribution in [0.1, 0.15) is 24.8 Å². The van der Waals surface area contributed by atoms with Crippen LogP contribution in [0.3, 0.4) is 0 Å². The van der Waals surface area contributed by atoms with Crippen LogP contribution >= 0.6 is 11.6 Å². The smallest absolute Gasteiger partial charge is 0.290 e. The van der Waals surface area contributed by atoms with Crippen LogP contribution in [-0.2, 0) is 5.41 Å². The zero-order chi connectivity index (χ0) is 16.7. The number of halogens is 4. The Hall–Kier alpha value is -1.58. The summed E-state index contributed by atoms with van der Waals surface area (Å²) in [6.07, 6.45) is 2.87. The Balaban J connectivity index is 1.81. The minimum absolute atomic E-state index is 0.0405. The second-order valence-corrected chi connectivity index (χ2v) is 6.55. The van der Waals surface area contributed by atoms with Crippen molar-refractivity contribution in [3.63, 3.8) is 0 Å². The number of aromatic nitrogens is 1. The quantitative estimate of drug-likeness (QED) is 0.784. The maximum atomic E-state index is 12.5. The number of hydrogen-bond donors (Lipinski definition) is 0. The van der Waals surface area contributed by atoms with Gasteiger partial charge in [-0.3, -0.25) is 9.88 Å². The van der Waals surface area contributed by atoms with Gasteiger partial charge in [-0.15, -0.1) is 0 Å². The molecular weight excluding hydrogens is 327 g/mol. The lowest BCUT2D eigenvalue weighted by atomic mass is 9.71. The van der Waals surface area contributed by atoms with E-state index in [4.69, 9.17) is 11.6 Å². The minimum Gasteiger partial charge on any atom is -0.290 e. The van der Waals surface area contributed by atoms with E-state index in [9.17, 15) is 18.4 Å². The molecule has 122 valence electrons. The summed E-state index contributed by atoms with van der Waals surface area (Å²) in [5.41, 5.74) is -0.0208. The van der Waals surface area contributed by atoms with Crippen LogP contribution in [0.15, 0.2) is 30.6 Å². The lowest BCUT2D eigenvalue weighted by Gasteiger charge is -2.43. The second kappa shape index (κ2) is 5.81. The Morgan fingerprint density at radius 1 is 1.30 bits per heavy atom. The fourth-order valence-electron chi connectivity index (χ4n) is 3.54. The molecule has 1 aromatic rings. The maximum absolute atomic E-state index is 12.5. The average molecular weight is 342 g/mol. The molecule has 7 heteroatoms. The Labute approximate surface area is 137 Å². The van der Waals surface area contributed by atoms with E-state index in [2.05, 4.69) is 11.1 Å². The van der Waals surface area contributed by atoms with Gasteiger partial charge in [-0.2, -0.15) is 18.4 Å². The van der Waals surface area contributed by atoms with Gasteiger partial charge in [0.25, 0.3) is 0 Å². The zero-order valence-corrected chi connectivity index (χ0v) is 13.0. The number of nitriles is 1. The summed E-state index contributed by atoms with van der Waals surface area (Å²) >= 11 is 5.98. The van der Waals surface area contributed by atoms with Gasteiger partial charge in [0.15, 0.2) is 0 Å². The molecule has 0 aliphatic carbocycles. The predicted molar refractivity (Wildman–Crippen MR) is 79.9 cm³/mol. The van der Waals surface area contributed by atoms with E-state index in [-0.39, 0.29) is 18.6 Å². The van der Waals surface area contributed by atoms with Crippen molar-refractivity contribution in [3.05, 3.63) is 41.2 Å². The highest BCUT2D eigenvalue weighted by Crippen LogP contribution is 2.44. The monoisotopic (exact) mass is 341 g/mol. The molecule has 23 heavy (non-hydrogen) atoms. The van der Waals surface area contributed by atoms with Gasteiger partial charge in [-0.1, -0.05) is 23.8 Å². The molecule has 0 spiro atoms. The highest BCUT2D eigenvalue weighted by Gasteiger charge is 2.48. The Morgan fingerprint density at radius 2 is 1.96 bits per heavy atom. The van der Waals surface area contributed by atoms with Crippen LogP contribution in [0.4, 0.5) is 13.2 Å². The van der Waals surface area contributed by atoms with E-state index >= 15 is 0 Å². The molecule has 1 saturated heterocycles. The van der Waals surface area contributed by atoms with Crippen LogP contribution in [0.5, 0.6) is 0 Å². The number of nitrogens with zero attached hydrogens (tertiary/aromatic N) is 3. The largest absolute Gasteiger partial charge is 0.390 e. The van der Waals surface area contributed by atoms with Crippen LogP contribution in [0, 0.1) is 11.3 Å². The van der Waals surface area contributed by atoms with E-state index in [1.165, 1.54) is 6.20 Å². The van der Waals surface area contributed by atoms with Crippen molar-refractivity contribution in [3.8, 4) is 6.07 Å². The Kier molecular flexibility index (Phi) is 4.11.